The average molecular weight is 439 g/mol. The maximum absolute atomic E-state index is 12.7. The van der Waals surface area contributed by atoms with Crippen molar-refractivity contribution in [1.29, 1.82) is 0 Å². The molecule has 1 saturated carbocycles. The number of hydrogen-bond acceptors (Lipinski definition) is 4. The van der Waals surface area contributed by atoms with Crippen LogP contribution in [-0.2, 0) is 9.53 Å². The van der Waals surface area contributed by atoms with Crippen molar-refractivity contribution >= 4 is 42.3 Å². The average Bonchev–Trinajstić information content (AvgIpc) is 3.13. The van der Waals surface area contributed by atoms with Crippen LogP contribution in [0.4, 0.5) is 0 Å². The Labute approximate surface area is 179 Å². The van der Waals surface area contributed by atoms with E-state index >= 15 is 0 Å². The number of carbonyl (C=O) groups excluding carboxylic acids is 1. The van der Waals surface area contributed by atoms with E-state index in [4.69, 9.17) is 22.1 Å². The molecule has 8 heteroatoms. The van der Waals surface area contributed by atoms with Crippen LogP contribution in [0.25, 0.3) is 0 Å². The van der Waals surface area contributed by atoms with Crippen LogP contribution in [0, 0.1) is 11.8 Å². The minimum atomic E-state index is 0. The third-order valence-corrected chi connectivity index (χ3v) is 5.76. The predicted molar refractivity (Wildman–Crippen MR) is 114 cm³/mol. The van der Waals surface area contributed by atoms with E-state index < -0.39 is 0 Å². The summed E-state index contributed by atoms with van der Waals surface area (Å²) in [7, 11) is 0. The van der Waals surface area contributed by atoms with Gasteiger partial charge in [-0.05, 0) is 43.0 Å². The molecule has 0 aromatic heterocycles. The van der Waals surface area contributed by atoms with Crippen molar-refractivity contribution in [2.24, 2.45) is 17.6 Å². The molecule has 1 aromatic rings. The van der Waals surface area contributed by atoms with Gasteiger partial charge in [0.25, 0.3) is 0 Å². The van der Waals surface area contributed by atoms with E-state index in [0.29, 0.717) is 19.0 Å². The number of rotatable bonds is 6. The fraction of sp³-hybridized carbons (Fsp3) is 0.632. The molecule has 1 aliphatic carbocycles. The van der Waals surface area contributed by atoms with Crippen LogP contribution in [0.5, 0.6) is 0 Å². The van der Waals surface area contributed by atoms with Gasteiger partial charge in [-0.15, -0.1) is 24.8 Å². The standard InChI is InChI=1S/C19H28ClN3O2.2ClH/c20-16-6-4-14(5-7-16)18(23-8-10-25-11-9-23)13-22-19(24)17-3-1-2-15(17)12-21;;/h4-7,15,17-18H,1-3,8-13,21H2,(H,22,24);2*1H/t15-,17-,18?;;/m1../s1. The Morgan fingerprint density at radius 3 is 2.52 bits per heavy atom. The molecule has 0 radical (unpaired) electrons. The van der Waals surface area contributed by atoms with E-state index in [1.54, 1.807) is 0 Å². The monoisotopic (exact) mass is 437 g/mol. The van der Waals surface area contributed by atoms with Gasteiger partial charge < -0.3 is 15.8 Å². The second-order valence-corrected chi connectivity index (χ2v) is 7.43. The minimum absolute atomic E-state index is 0. The Bertz CT molecular complexity index is 568. The maximum Gasteiger partial charge on any atom is 0.223 e. The number of carbonyl (C=O) groups is 1. The number of hydrogen-bond donors (Lipinski definition) is 2. The lowest BCUT2D eigenvalue weighted by Crippen LogP contribution is -2.45. The molecule has 1 unspecified atom stereocenters. The smallest absolute Gasteiger partial charge is 0.223 e. The summed E-state index contributed by atoms with van der Waals surface area (Å²) >= 11 is 6.03. The molecule has 1 saturated heterocycles. The number of nitrogens with zero attached hydrogens (tertiary/aromatic N) is 1. The van der Waals surface area contributed by atoms with Gasteiger partial charge in [-0.3, -0.25) is 9.69 Å². The van der Waals surface area contributed by atoms with Gasteiger partial charge >= 0.3 is 0 Å². The van der Waals surface area contributed by atoms with Crippen LogP contribution in [0.1, 0.15) is 30.9 Å². The first-order valence-corrected chi connectivity index (χ1v) is 9.62. The van der Waals surface area contributed by atoms with Crippen molar-refractivity contribution < 1.29 is 9.53 Å². The zero-order valence-corrected chi connectivity index (χ0v) is 17.8. The SMILES string of the molecule is Cl.Cl.NC[C@H]1CCC[C@H]1C(=O)NCC(c1ccc(Cl)cc1)N1CCOCC1. The van der Waals surface area contributed by atoms with E-state index in [2.05, 4.69) is 10.2 Å². The summed E-state index contributed by atoms with van der Waals surface area (Å²) in [5.74, 6) is 0.554. The molecule has 1 aliphatic heterocycles. The van der Waals surface area contributed by atoms with Gasteiger partial charge in [-0.25, -0.2) is 0 Å². The largest absolute Gasteiger partial charge is 0.379 e. The molecule has 2 fully saturated rings. The van der Waals surface area contributed by atoms with Crippen LogP contribution >= 0.6 is 36.4 Å². The molecule has 1 amide bonds. The Balaban J connectivity index is 0.00000182. The van der Waals surface area contributed by atoms with Crippen molar-refractivity contribution in [3.05, 3.63) is 34.9 Å². The molecule has 3 atom stereocenters. The third kappa shape index (κ3) is 6.48. The highest BCUT2D eigenvalue weighted by atomic mass is 35.5. The number of morpholine rings is 1. The summed E-state index contributed by atoms with van der Waals surface area (Å²) in [6, 6.07) is 8.06. The van der Waals surface area contributed by atoms with Crippen LogP contribution in [-0.4, -0.2) is 50.2 Å². The van der Waals surface area contributed by atoms with Crippen LogP contribution < -0.4 is 11.1 Å². The summed E-state index contributed by atoms with van der Waals surface area (Å²) in [5.41, 5.74) is 7.00. The normalized spacial score (nSPS) is 23.8. The van der Waals surface area contributed by atoms with E-state index in [1.165, 1.54) is 5.56 Å². The summed E-state index contributed by atoms with van der Waals surface area (Å²) < 4.78 is 5.48. The van der Waals surface area contributed by atoms with E-state index in [9.17, 15) is 4.79 Å². The zero-order valence-electron chi connectivity index (χ0n) is 15.4. The molecule has 0 spiro atoms. The van der Waals surface area contributed by atoms with Crippen molar-refractivity contribution in [1.82, 2.24) is 10.2 Å². The van der Waals surface area contributed by atoms with Crippen LogP contribution in [0.2, 0.25) is 5.02 Å². The van der Waals surface area contributed by atoms with Crippen LogP contribution in [0.15, 0.2) is 24.3 Å². The lowest BCUT2D eigenvalue weighted by atomic mass is 9.95. The Morgan fingerprint density at radius 1 is 1.22 bits per heavy atom. The molecule has 0 bridgehead atoms. The highest BCUT2D eigenvalue weighted by Gasteiger charge is 2.32. The highest BCUT2D eigenvalue weighted by molar-refractivity contribution is 6.30. The van der Waals surface area contributed by atoms with Gasteiger partial charge in [0, 0.05) is 30.6 Å². The number of nitrogens with two attached hydrogens (primary N) is 1. The van der Waals surface area contributed by atoms with Gasteiger partial charge in [0.2, 0.25) is 5.91 Å². The van der Waals surface area contributed by atoms with Crippen molar-refractivity contribution in [3.63, 3.8) is 0 Å². The Hall–Kier alpha value is -0.560. The number of halogens is 3. The molecule has 1 heterocycles. The van der Waals surface area contributed by atoms with E-state index in [1.807, 2.05) is 24.3 Å². The number of benzene rings is 1. The summed E-state index contributed by atoms with van der Waals surface area (Å²) in [4.78, 5) is 15.0. The van der Waals surface area contributed by atoms with Crippen molar-refractivity contribution in [2.75, 3.05) is 39.4 Å². The second kappa shape index (κ2) is 12.1. The zero-order chi connectivity index (χ0) is 17.6. The Morgan fingerprint density at radius 2 is 1.89 bits per heavy atom. The van der Waals surface area contributed by atoms with Gasteiger partial charge in [-0.1, -0.05) is 30.2 Å². The predicted octanol–water partition coefficient (Wildman–Crippen LogP) is 3.05. The topological polar surface area (TPSA) is 67.6 Å². The van der Waals surface area contributed by atoms with Crippen molar-refractivity contribution in [2.45, 2.75) is 25.3 Å². The molecule has 27 heavy (non-hydrogen) atoms. The second-order valence-electron chi connectivity index (χ2n) is 6.99. The molecule has 154 valence electrons. The van der Waals surface area contributed by atoms with E-state index in [-0.39, 0.29) is 42.7 Å². The van der Waals surface area contributed by atoms with Gasteiger partial charge in [-0.2, -0.15) is 0 Å². The van der Waals surface area contributed by atoms with Crippen molar-refractivity contribution in [3.8, 4) is 0 Å². The molecular formula is C19H30Cl3N3O2. The first-order valence-electron chi connectivity index (χ1n) is 9.24. The summed E-state index contributed by atoms with van der Waals surface area (Å²) in [5, 5.41) is 3.92. The van der Waals surface area contributed by atoms with Gasteiger partial charge in [0.05, 0.1) is 19.3 Å². The lowest BCUT2D eigenvalue weighted by Gasteiger charge is -2.35. The molecule has 2 aliphatic rings. The molecule has 3 rings (SSSR count). The fourth-order valence-corrected chi connectivity index (χ4v) is 4.15. The summed E-state index contributed by atoms with van der Waals surface area (Å²) in [6.45, 7) is 4.41. The third-order valence-electron chi connectivity index (χ3n) is 5.51. The first kappa shape index (κ1) is 24.5. The first-order chi connectivity index (χ1) is 12.2. The number of nitrogens with one attached hydrogen (secondary N) is 1. The van der Waals surface area contributed by atoms with Gasteiger partial charge in [0.15, 0.2) is 0 Å². The summed E-state index contributed by atoms with van der Waals surface area (Å²) in [6.07, 6.45) is 3.12. The minimum Gasteiger partial charge on any atom is -0.379 e. The lowest BCUT2D eigenvalue weighted by molar-refractivity contribution is -0.126. The molecule has 1 aromatic carbocycles. The quantitative estimate of drug-likeness (QED) is 0.716. The van der Waals surface area contributed by atoms with Gasteiger partial charge in [0.1, 0.15) is 0 Å². The molecule has 5 nitrogen and oxygen atoms in total. The number of amides is 1. The Kier molecular flexibility index (Phi) is 11.0. The van der Waals surface area contributed by atoms with E-state index in [0.717, 1.165) is 50.6 Å². The number of ether oxygens (including phenoxy) is 1. The maximum atomic E-state index is 12.7. The fourth-order valence-electron chi connectivity index (χ4n) is 4.02. The van der Waals surface area contributed by atoms with Crippen LogP contribution in [0.3, 0.4) is 0 Å². The molecule has 3 N–H and O–H groups in total. The highest BCUT2D eigenvalue weighted by Crippen LogP contribution is 2.31. The molecular weight excluding hydrogens is 409 g/mol.